The predicted octanol–water partition coefficient (Wildman–Crippen LogP) is 4.68. The normalized spacial score (nSPS) is 11.1. The minimum Gasteiger partial charge on any atom is -0.338 e. The van der Waals surface area contributed by atoms with Crippen molar-refractivity contribution in [3.8, 4) is 11.4 Å². The second-order valence-corrected chi connectivity index (χ2v) is 4.66. The van der Waals surface area contributed by atoms with Crippen molar-refractivity contribution in [3.63, 3.8) is 0 Å². The van der Waals surface area contributed by atoms with E-state index in [-0.39, 0.29) is 5.82 Å². The van der Waals surface area contributed by atoms with Gasteiger partial charge in [0.25, 0.3) is 0 Å². The third kappa shape index (κ3) is 1.85. The van der Waals surface area contributed by atoms with Gasteiger partial charge in [0.1, 0.15) is 11.6 Å². The molecule has 0 radical (unpaired) electrons. The number of aromatic amines is 1. The summed E-state index contributed by atoms with van der Waals surface area (Å²) in [4.78, 5) is 7.37. The first-order chi connectivity index (χ1) is 8.65. The number of imidazole rings is 1. The fourth-order valence-corrected chi connectivity index (χ4v) is 2.40. The fraction of sp³-hybridized carbons (Fsp3) is 0. The Bertz CT molecular complexity index is 717. The molecule has 1 heterocycles. The molecule has 2 nitrogen and oxygen atoms in total. The number of nitrogens with one attached hydrogen (secondary N) is 1. The summed E-state index contributed by atoms with van der Waals surface area (Å²) in [6.45, 7) is 0. The number of fused-ring (bicyclic) bond motifs is 1. The average Bonchev–Trinajstić information content (AvgIpc) is 2.71. The van der Waals surface area contributed by atoms with Crippen molar-refractivity contribution in [1.29, 1.82) is 0 Å². The molecule has 0 bridgehead atoms. The van der Waals surface area contributed by atoms with Crippen LogP contribution in [0.3, 0.4) is 0 Å². The number of hydrogen-bond acceptors (Lipinski definition) is 1. The summed E-state index contributed by atoms with van der Waals surface area (Å²) in [5.74, 6) is 0.217. The Morgan fingerprint density at radius 2 is 1.78 bits per heavy atom. The molecule has 0 amide bonds. The molecule has 1 aromatic heterocycles. The van der Waals surface area contributed by atoms with Crippen molar-refractivity contribution in [2.75, 3.05) is 0 Å². The van der Waals surface area contributed by atoms with E-state index in [1.807, 2.05) is 0 Å². The highest BCUT2D eigenvalue weighted by molar-refractivity contribution is 6.39. The monoisotopic (exact) mass is 280 g/mol. The molecule has 0 unspecified atom stereocenters. The predicted molar refractivity (Wildman–Crippen MR) is 71.5 cm³/mol. The number of benzene rings is 2. The highest BCUT2D eigenvalue weighted by atomic mass is 35.5. The van der Waals surface area contributed by atoms with Crippen LogP contribution >= 0.6 is 23.2 Å². The second-order valence-electron chi connectivity index (χ2n) is 3.84. The Labute approximate surface area is 112 Å². The minimum absolute atomic E-state index is 0.317. The third-order valence-electron chi connectivity index (χ3n) is 2.64. The molecule has 3 aromatic rings. The molecule has 0 aliphatic carbocycles. The average molecular weight is 281 g/mol. The summed E-state index contributed by atoms with van der Waals surface area (Å²) in [6.07, 6.45) is 0. The van der Waals surface area contributed by atoms with Crippen LogP contribution in [-0.4, -0.2) is 9.97 Å². The lowest BCUT2D eigenvalue weighted by atomic mass is 10.2. The molecule has 0 fully saturated rings. The molecule has 2 aromatic carbocycles. The Balaban J connectivity index is 2.26. The Hall–Kier alpha value is -1.58. The number of nitrogens with zero attached hydrogens (tertiary/aromatic N) is 1. The van der Waals surface area contributed by atoms with Gasteiger partial charge in [-0.3, -0.25) is 0 Å². The van der Waals surface area contributed by atoms with E-state index in [4.69, 9.17) is 23.2 Å². The van der Waals surface area contributed by atoms with Gasteiger partial charge in [0, 0.05) is 0 Å². The van der Waals surface area contributed by atoms with Crippen LogP contribution in [0.4, 0.5) is 4.39 Å². The summed E-state index contributed by atoms with van der Waals surface area (Å²) in [7, 11) is 0. The number of hydrogen-bond donors (Lipinski definition) is 1. The molecule has 3 rings (SSSR count). The van der Waals surface area contributed by atoms with Gasteiger partial charge in [-0.25, -0.2) is 9.37 Å². The zero-order valence-corrected chi connectivity index (χ0v) is 10.6. The maximum absolute atomic E-state index is 13.1. The summed E-state index contributed by atoms with van der Waals surface area (Å²) in [6, 6.07) is 9.58. The van der Waals surface area contributed by atoms with Crippen LogP contribution in [0.5, 0.6) is 0 Å². The van der Waals surface area contributed by atoms with Crippen LogP contribution in [0.2, 0.25) is 10.0 Å². The Morgan fingerprint density at radius 1 is 1.06 bits per heavy atom. The minimum atomic E-state index is -0.317. The van der Waals surface area contributed by atoms with Crippen LogP contribution in [0.1, 0.15) is 0 Å². The van der Waals surface area contributed by atoms with Crippen molar-refractivity contribution in [2.45, 2.75) is 0 Å². The molecule has 0 aliphatic heterocycles. The van der Waals surface area contributed by atoms with Gasteiger partial charge >= 0.3 is 0 Å². The highest BCUT2D eigenvalue weighted by Gasteiger charge is 2.12. The first-order valence-electron chi connectivity index (χ1n) is 5.25. The number of rotatable bonds is 1. The lowest BCUT2D eigenvalue weighted by Gasteiger charge is -2.02. The second kappa shape index (κ2) is 4.26. The topological polar surface area (TPSA) is 28.7 Å². The molecule has 1 N–H and O–H groups in total. The zero-order valence-electron chi connectivity index (χ0n) is 9.05. The van der Waals surface area contributed by atoms with Crippen LogP contribution in [0.25, 0.3) is 22.4 Å². The van der Waals surface area contributed by atoms with Crippen molar-refractivity contribution in [2.24, 2.45) is 0 Å². The van der Waals surface area contributed by atoms with E-state index in [2.05, 4.69) is 9.97 Å². The first-order valence-corrected chi connectivity index (χ1v) is 6.00. The molecule has 0 saturated carbocycles. The van der Waals surface area contributed by atoms with Gasteiger partial charge in [-0.2, -0.15) is 0 Å². The van der Waals surface area contributed by atoms with E-state index in [0.717, 1.165) is 0 Å². The van der Waals surface area contributed by atoms with Crippen molar-refractivity contribution in [3.05, 3.63) is 52.3 Å². The number of halogens is 3. The van der Waals surface area contributed by atoms with Gasteiger partial charge in [-0.15, -0.1) is 0 Å². The summed E-state index contributed by atoms with van der Waals surface area (Å²) >= 11 is 12.2. The standard InChI is InChI=1S/C13H7Cl2FN2/c14-8-2-1-3-9(15)12(8)13-17-10-5-4-7(16)6-11(10)18-13/h1-6H,(H,17,18). The summed E-state index contributed by atoms with van der Waals surface area (Å²) in [5.41, 5.74) is 1.90. The lowest BCUT2D eigenvalue weighted by molar-refractivity contribution is 0.629. The van der Waals surface area contributed by atoms with E-state index in [1.165, 1.54) is 12.1 Å². The lowest BCUT2D eigenvalue weighted by Crippen LogP contribution is -1.83. The van der Waals surface area contributed by atoms with Crippen LogP contribution in [0, 0.1) is 5.82 Å². The largest absolute Gasteiger partial charge is 0.338 e. The van der Waals surface area contributed by atoms with E-state index in [9.17, 15) is 4.39 Å². The molecule has 0 saturated heterocycles. The molecule has 0 spiro atoms. The van der Waals surface area contributed by atoms with Gasteiger partial charge in [0.05, 0.1) is 26.6 Å². The van der Waals surface area contributed by atoms with Gasteiger partial charge in [0.2, 0.25) is 0 Å². The maximum atomic E-state index is 13.1. The maximum Gasteiger partial charge on any atom is 0.141 e. The van der Waals surface area contributed by atoms with Crippen LogP contribution < -0.4 is 0 Å². The van der Waals surface area contributed by atoms with Gasteiger partial charge in [-0.1, -0.05) is 29.3 Å². The molecular formula is C13H7Cl2FN2. The number of aromatic nitrogens is 2. The van der Waals surface area contributed by atoms with E-state index in [0.29, 0.717) is 32.5 Å². The van der Waals surface area contributed by atoms with Crippen LogP contribution in [-0.2, 0) is 0 Å². The van der Waals surface area contributed by atoms with Gasteiger partial charge < -0.3 is 4.98 Å². The molecule has 0 atom stereocenters. The van der Waals surface area contributed by atoms with Gasteiger partial charge in [-0.05, 0) is 30.3 Å². The smallest absolute Gasteiger partial charge is 0.141 e. The van der Waals surface area contributed by atoms with Crippen molar-refractivity contribution >= 4 is 34.2 Å². The van der Waals surface area contributed by atoms with E-state index in [1.54, 1.807) is 24.3 Å². The van der Waals surface area contributed by atoms with E-state index < -0.39 is 0 Å². The van der Waals surface area contributed by atoms with Crippen molar-refractivity contribution < 1.29 is 4.39 Å². The molecular weight excluding hydrogens is 274 g/mol. The Morgan fingerprint density at radius 3 is 2.50 bits per heavy atom. The zero-order chi connectivity index (χ0) is 12.7. The third-order valence-corrected chi connectivity index (χ3v) is 3.27. The van der Waals surface area contributed by atoms with Gasteiger partial charge in [0.15, 0.2) is 0 Å². The molecule has 90 valence electrons. The highest BCUT2D eigenvalue weighted by Crippen LogP contribution is 2.33. The summed E-state index contributed by atoms with van der Waals surface area (Å²) < 4.78 is 13.1. The van der Waals surface area contributed by atoms with Crippen LogP contribution in [0.15, 0.2) is 36.4 Å². The molecule has 5 heteroatoms. The molecule has 18 heavy (non-hydrogen) atoms. The van der Waals surface area contributed by atoms with E-state index >= 15 is 0 Å². The first kappa shape index (κ1) is 11.5. The number of H-pyrrole nitrogens is 1. The Kier molecular flexibility index (Phi) is 2.73. The summed E-state index contributed by atoms with van der Waals surface area (Å²) in [5, 5.41) is 1.00. The van der Waals surface area contributed by atoms with Crippen molar-refractivity contribution in [1.82, 2.24) is 9.97 Å². The fourth-order valence-electron chi connectivity index (χ4n) is 1.82. The SMILES string of the molecule is Fc1ccc2nc(-c3c(Cl)cccc3Cl)[nH]c2c1. The molecule has 0 aliphatic rings. The quantitative estimate of drug-likeness (QED) is 0.689.